The van der Waals surface area contributed by atoms with Crippen LogP contribution in [0.2, 0.25) is 0 Å². The molecule has 0 amide bonds. The maximum Gasteiger partial charge on any atom is 0.0411 e. The molecule has 1 aromatic rings. The Bertz CT molecular complexity index is 447. The Morgan fingerprint density at radius 3 is 2.63 bits per heavy atom. The topological polar surface area (TPSA) is 15.3 Å². The Labute approximate surface area is 117 Å². The van der Waals surface area contributed by atoms with E-state index in [2.05, 4.69) is 49.3 Å². The molecule has 2 aliphatic carbocycles. The molecule has 0 aromatic heterocycles. The van der Waals surface area contributed by atoms with Crippen molar-refractivity contribution in [2.24, 2.45) is 5.92 Å². The minimum atomic E-state index is 0.669. The normalized spacial score (nSPS) is 20.4. The smallest absolute Gasteiger partial charge is 0.0411 e. The zero-order valence-corrected chi connectivity index (χ0v) is 12.4. The van der Waals surface area contributed by atoms with E-state index in [0.717, 1.165) is 18.5 Å². The quantitative estimate of drug-likeness (QED) is 0.840. The van der Waals surface area contributed by atoms with Crippen LogP contribution in [-0.2, 0) is 6.54 Å². The molecule has 104 valence electrons. The van der Waals surface area contributed by atoms with Gasteiger partial charge in [-0.3, -0.25) is 0 Å². The van der Waals surface area contributed by atoms with E-state index < -0.39 is 0 Å². The van der Waals surface area contributed by atoms with Gasteiger partial charge in [0, 0.05) is 31.4 Å². The van der Waals surface area contributed by atoms with Gasteiger partial charge in [0.1, 0.15) is 0 Å². The molecule has 0 spiro atoms. The van der Waals surface area contributed by atoms with Gasteiger partial charge in [-0.15, -0.1) is 0 Å². The molecule has 1 N–H and O–H groups in total. The SMILES string of the molecule is Cc1ccc(N(C)C(C)C2CC2)c(CNC2CC2)c1. The van der Waals surface area contributed by atoms with Crippen molar-refractivity contribution in [3.05, 3.63) is 29.3 Å². The Hall–Kier alpha value is -1.02. The van der Waals surface area contributed by atoms with E-state index in [0.29, 0.717) is 6.04 Å². The summed E-state index contributed by atoms with van der Waals surface area (Å²) in [5, 5.41) is 3.65. The number of rotatable bonds is 6. The Kier molecular flexibility index (Phi) is 3.53. The molecule has 0 heterocycles. The molecule has 2 saturated carbocycles. The number of aryl methyl sites for hydroxylation is 1. The molecule has 0 saturated heterocycles. The summed E-state index contributed by atoms with van der Waals surface area (Å²) in [5.74, 6) is 0.913. The van der Waals surface area contributed by atoms with Gasteiger partial charge in [-0.05, 0) is 57.1 Å². The Morgan fingerprint density at radius 1 is 1.26 bits per heavy atom. The highest BCUT2D eigenvalue weighted by molar-refractivity contribution is 5.55. The van der Waals surface area contributed by atoms with E-state index in [9.17, 15) is 0 Å². The van der Waals surface area contributed by atoms with Crippen molar-refractivity contribution in [1.82, 2.24) is 5.32 Å². The van der Waals surface area contributed by atoms with E-state index in [1.165, 1.54) is 42.5 Å². The van der Waals surface area contributed by atoms with Crippen LogP contribution in [0.25, 0.3) is 0 Å². The largest absolute Gasteiger partial charge is 0.371 e. The lowest BCUT2D eigenvalue weighted by Crippen LogP contribution is -2.32. The van der Waals surface area contributed by atoms with Crippen LogP contribution >= 0.6 is 0 Å². The molecule has 2 heteroatoms. The van der Waals surface area contributed by atoms with Crippen LogP contribution in [0.5, 0.6) is 0 Å². The number of hydrogen-bond donors (Lipinski definition) is 1. The van der Waals surface area contributed by atoms with Gasteiger partial charge in [0.2, 0.25) is 0 Å². The Balaban J connectivity index is 1.76. The third-order valence-electron chi connectivity index (χ3n) is 4.69. The van der Waals surface area contributed by atoms with Crippen molar-refractivity contribution in [3.8, 4) is 0 Å². The highest BCUT2D eigenvalue weighted by Crippen LogP contribution is 2.37. The lowest BCUT2D eigenvalue weighted by Gasteiger charge is -2.29. The van der Waals surface area contributed by atoms with Gasteiger partial charge in [0.15, 0.2) is 0 Å². The van der Waals surface area contributed by atoms with Gasteiger partial charge in [-0.25, -0.2) is 0 Å². The highest BCUT2D eigenvalue weighted by Gasteiger charge is 2.31. The average Bonchev–Trinajstić information content (AvgIpc) is 3.28. The van der Waals surface area contributed by atoms with Gasteiger partial charge in [0.05, 0.1) is 0 Å². The van der Waals surface area contributed by atoms with Crippen LogP contribution in [0.1, 0.15) is 43.7 Å². The van der Waals surface area contributed by atoms with Crippen molar-refractivity contribution >= 4 is 5.69 Å². The third kappa shape index (κ3) is 3.11. The molecule has 2 nitrogen and oxygen atoms in total. The molecule has 1 unspecified atom stereocenters. The second-order valence-electron chi connectivity index (χ2n) is 6.48. The van der Waals surface area contributed by atoms with E-state index in [1.54, 1.807) is 0 Å². The first-order chi connectivity index (χ1) is 9.15. The zero-order chi connectivity index (χ0) is 13.4. The number of hydrogen-bond acceptors (Lipinski definition) is 2. The van der Waals surface area contributed by atoms with E-state index in [1.807, 2.05) is 0 Å². The summed E-state index contributed by atoms with van der Waals surface area (Å²) in [6.45, 7) is 5.58. The summed E-state index contributed by atoms with van der Waals surface area (Å²) < 4.78 is 0. The van der Waals surface area contributed by atoms with Crippen molar-refractivity contribution in [2.45, 2.75) is 58.2 Å². The molecule has 19 heavy (non-hydrogen) atoms. The molecule has 2 aliphatic rings. The Morgan fingerprint density at radius 2 is 2.00 bits per heavy atom. The van der Waals surface area contributed by atoms with Crippen LogP contribution in [0, 0.1) is 12.8 Å². The summed E-state index contributed by atoms with van der Waals surface area (Å²) in [7, 11) is 2.26. The zero-order valence-electron chi connectivity index (χ0n) is 12.4. The van der Waals surface area contributed by atoms with Crippen LogP contribution in [-0.4, -0.2) is 19.1 Å². The van der Waals surface area contributed by atoms with Crippen molar-refractivity contribution in [1.29, 1.82) is 0 Å². The molecule has 2 fully saturated rings. The maximum atomic E-state index is 3.65. The molecule has 0 radical (unpaired) electrons. The van der Waals surface area contributed by atoms with Crippen LogP contribution in [0.3, 0.4) is 0 Å². The molecular formula is C17H26N2. The van der Waals surface area contributed by atoms with E-state index in [4.69, 9.17) is 0 Å². The first-order valence-corrected chi connectivity index (χ1v) is 7.71. The molecule has 1 atom stereocenters. The molecule has 0 aliphatic heterocycles. The number of benzene rings is 1. The summed E-state index contributed by atoms with van der Waals surface area (Å²) >= 11 is 0. The molecule has 0 bridgehead atoms. The minimum Gasteiger partial charge on any atom is -0.371 e. The van der Waals surface area contributed by atoms with Crippen molar-refractivity contribution in [2.75, 3.05) is 11.9 Å². The number of nitrogens with zero attached hydrogens (tertiary/aromatic N) is 1. The van der Waals surface area contributed by atoms with Gasteiger partial charge < -0.3 is 10.2 Å². The highest BCUT2D eigenvalue weighted by atomic mass is 15.1. The van der Waals surface area contributed by atoms with Crippen LogP contribution in [0.4, 0.5) is 5.69 Å². The van der Waals surface area contributed by atoms with Gasteiger partial charge in [0.25, 0.3) is 0 Å². The van der Waals surface area contributed by atoms with Crippen molar-refractivity contribution in [3.63, 3.8) is 0 Å². The maximum absolute atomic E-state index is 3.65. The number of nitrogens with one attached hydrogen (secondary N) is 1. The van der Waals surface area contributed by atoms with Gasteiger partial charge in [-0.2, -0.15) is 0 Å². The molecule has 1 aromatic carbocycles. The first-order valence-electron chi connectivity index (χ1n) is 7.71. The van der Waals surface area contributed by atoms with Gasteiger partial charge in [-0.1, -0.05) is 17.7 Å². The summed E-state index contributed by atoms with van der Waals surface area (Å²) in [6.07, 6.45) is 5.53. The third-order valence-corrected chi connectivity index (χ3v) is 4.69. The second kappa shape index (κ2) is 5.16. The first kappa shape index (κ1) is 13.0. The lowest BCUT2D eigenvalue weighted by atomic mass is 10.1. The van der Waals surface area contributed by atoms with E-state index in [-0.39, 0.29) is 0 Å². The lowest BCUT2D eigenvalue weighted by molar-refractivity contribution is 0.603. The van der Waals surface area contributed by atoms with Crippen LogP contribution < -0.4 is 10.2 Å². The predicted octanol–water partition coefficient (Wildman–Crippen LogP) is 3.48. The summed E-state index contributed by atoms with van der Waals surface area (Å²) in [6, 6.07) is 8.34. The fourth-order valence-corrected chi connectivity index (χ4v) is 2.86. The summed E-state index contributed by atoms with van der Waals surface area (Å²) in [4.78, 5) is 2.49. The fourth-order valence-electron chi connectivity index (χ4n) is 2.86. The molecule has 3 rings (SSSR count). The number of anilines is 1. The summed E-state index contributed by atoms with van der Waals surface area (Å²) in [5.41, 5.74) is 4.24. The van der Waals surface area contributed by atoms with Gasteiger partial charge >= 0.3 is 0 Å². The average molecular weight is 258 g/mol. The van der Waals surface area contributed by atoms with Crippen molar-refractivity contribution < 1.29 is 0 Å². The van der Waals surface area contributed by atoms with E-state index >= 15 is 0 Å². The monoisotopic (exact) mass is 258 g/mol. The van der Waals surface area contributed by atoms with Crippen LogP contribution in [0.15, 0.2) is 18.2 Å². The molecular weight excluding hydrogens is 232 g/mol. The second-order valence-corrected chi connectivity index (χ2v) is 6.48. The standard InChI is InChI=1S/C17H26N2/c1-12-4-9-17(19(3)13(2)14-5-6-14)15(10-12)11-18-16-7-8-16/h4,9-10,13-14,16,18H,5-8,11H2,1-3H3. The fraction of sp³-hybridized carbons (Fsp3) is 0.647. The minimum absolute atomic E-state index is 0.669. The predicted molar refractivity (Wildman–Crippen MR) is 81.6 cm³/mol.